The molecule has 1 aliphatic heterocycles. The number of imidazole rings is 1. The van der Waals surface area contributed by atoms with Gasteiger partial charge in [-0.2, -0.15) is 0 Å². The molecule has 1 aliphatic rings. The van der Waals surface area contributed by atoms with Crippen LogP contribution in [0.2, 0.25) is 0 Å². The highest BCUT2D eigenvalue weighted by molar-refractivity contribution is 5.85. The topological polar surface area (TPSA) is 152 Å². The van der Waals surface area contributed by atoms with E-state index >= 15 is 0 Å². The van der Waals surface area contributed by atoms with Gasteiger partial charge in [0.25, 0.3) is 0 Å². The van der Waals surface area contributed by atoms with Crippen molar-refractivity contribution in [1.29, 1.82) is 0 Å². The predicted octanol–water partition coefficient (Wildman–Crippen LogP) is 0.265. The van der Waals surface area contributed by atoms with Crippen LogP contribution < -0.4 is 11.1 Å². The monoisotopic (exact) mass is 378 g/mol. The van der Waals surface area contributed by atoms with Crippen LogP contribution in [0.15, 0.2) is 6.08 Å². The van der Waals surface area contributed by atoms with Crippen molar-refractivity contribution in [1.82, 2.24) is 19.5 Å². The average Bonchev–Trinajstić information content (AvgIpc) is 3.17. The highest BCUT2D eigenvalue weighted by Crippen LogP contribution is 2.35. The number of allylic oxidation sites excluding steroid dienone is 1. The summed E-state index contributed by atoms with van der Waals surface area (Å²) in [6.07, 6.45) is 2.48. The fourth-order valence-corrected chi connectivity index (χ4v) is 3.11. The van der Waals surface area contributed by atoms with E-state index in [4.69, 9.17) is 10.5 Å². The third kappa shape index (κ3) is 3.61. The van der Waals surface area contributed by atoms with Crippen molar-refractivity contribution in [2.45, 2.75) is 50.7 Å². The van der Waals surface area contributed by atoms with Gasteiger partial charge in [0.1, 0.15) is 18.3 Å². The zero-order valence-electron chi connectivity index (χ0n) is 15.4. The third-order valence-electron chi connectivity index (χ3n) is 4.57. The van der Waals surface area contributed by atoms with E-state index in [0.29, 0.717) is 22.9 Å². The summed E-state index contributed by atoms with van der Waals surface area (Å²) in [4.78, 5) is 13.1. The lowest BCUT2D eigenvalue weighted by atomic mass is 10.1. The molecular weight excluding hydrogens is 352 g/mol. The Morgan fingerprint density at radius 2 is 2.04 bits per heavy atom. The number of nitrogen functional groups attached to an aromatic ring is 1. The Morgan fingerprint density at radius 3 is 2.67 bits per heavy atom. The number of fused-ring (bicyclic) bond motifs is 1. The van der Waals surface area contributed by atoms with Crippen LogP contribution >= 0.6 is 0 Å². The number of aromatic nitrogens is 4. The Bertz CT molecular complexity index is 823. The van der Waals surface area contributed by atoms with Crippen molar-refractivity contribution in [2.24, 2.45) is 0 Å². The predicted molar refractivity (Wildman–Crippen MR) is 101 cm³/mol. The zero-order valence-corrected chi connectivity index (χ0v) is 15.4. The minimum Gasteiger partial charge on any atom is -0.394 e. The molecule has 0 aromatic carbocycles. The molecule has 0 bridgehead atoms. The first kappa shape index (κ1) is 19.5. The number of unbranched alkanes of at least 4 members (excludes halogenated alkanes) is 2. The molecule has 148 valence electrons. The molecule has 2 aromatic heterocycles. The number of nitrogens with zero attached hydrogens (tertiary/aromatic N) is 4. The summed E-state index contributed by atoms with van der Waals surface area (Å²) in [7, 11) is 1.66. The molecule has 2 unspecified atom stereocenters. The average molecular weight is 378 g/mol. The lowest BCUT2D eigenvalue weighted by Gasteiger charge is -2.19. The second-order valence-corrected chi connectivity index (χ2v) is 6.47. The summed E-state index contributed by atoms with van der Waals surface area (Å²) in [6.45, 7) is 1.70. The summed E-state index contributed by atoms with van der Waals surface area (Å²) in [5.74, 6) is 0.983. The van der Waals surface area contributed by atoms with Crippen LogP contribution in [0.4, 0.5) is 11.8 Å². The van der Waals surface area contributed by atoms with Gasteiger partial charge in [0, 0.05) is 7.05 Å². The second-order valence-electron chi connectivity index (χ2n) is 6.47. The molecule has 10 nitrogen and oxygen atoms in total. The van der Waals surface area contributed by atoms with Gasteiger partial charge in [0.2, 0.25) is 5.95 Å². The van der Waals surface area contributed by atoms with E-state index in [1.165, 1.54) is 4.57 Å². The zero-order chi connectivity index (χ0) is 19.6. The molecule has 0 radical (unpaired) electrons. The maximum Gasteiger partial charge on any atom is 0.207 e. The number of aliphatic hydroxyl groups is 3. The van der Waals surface area contributed by atoms with Crippen molar-refractivity contribution >= 4 is 29.0 Å². The van der Waals surface area contributed by atoms with Crippen molar-refractivity contribution in [2.75, 3.05) is 24.7 Å². The van der Waals surface area contributed by atoms with Gasteiger partial charge < -0.3 is 31.1 Å². The Hall–Kier alpha value is -2.27. The van der Waals surface area contributed by atoms with Crippen LogP contribution in [0.5, 0.6) is 0 Å². The number of ether oxygens (including phenoxy) is 1. The molecular formula is C17H26N6O4. The summed E-state index contributed by atoms with van der Waals surface area (Å²) >= 11 is 0. The maximum absolute atomic E-state index is 10.4. The Morgan fingerprint density at radius 1 is 1.26 bits per heavy atom. The van der Waals surface area contributed by atoms with Gasteiger partial charge >= 0.3 is 0 Å². The van der Waals surface area contributed by atoms with E-state index in [-0.39, 0.29) is 5.82 Å². The molecule has 4 atom stereocenters. The lowest BCUT2D eigenvalue weighted by Crippen LogP contribution is -2.33. The molecule has 0 spiro atoms. The van der Waals surface area contributed by atoms with Crippen molar-refractivity contribution < 1.29 is 20.1 Å². The molecule has 1 saturated heterocycles. The van der Waals surface area contributed by atoms with Crippen LogP contribution in [0.1, 0.15) is 38.2 Å². The van der Waals surface area contributed by atoms with Gasteiger partial charge in [-0.25, -0.2) is 15.0 Å². The van der Waals surface area contributed by atoms with Gasteiger partial charge in [-0.05, 0) is 12.5 Å². The summed E-state index contributed by atoms with van der Waals surface area (Å²) in [5.41, 5.74) is 6.79. The fourth-order valence-electron chi connectivity index (χ4n) is 3.11. The molecule has 2 aromatic rings. The van der Waals surface area contributed by atoms with E-state index in [9.17, 15) is 15.3 Å². The largest absolute Gasteiger partial charge is 0.394 e. The molecule has 27 heavy (non-hydrogen) atoms. The number of anilines is 2. The molecule has 3 rings (SSSR count). The first-order valence-corrected chi connectivity index (χ1v) is 9.04. The summed E-state index contributed by atoms with van der Waals surface area (Å²) in [5, 5.41) is 32.7. The fraction of sp³-hybridized carbons (Fsp3) is 0.588. The molecule has 0 saturated carbocycles. The van der Waals surface area contributed by atoms with E-state index in [2.05, 4.69) is 27.2 Å². The maximum atomic E-state index is 10.4. The third-order valence-corrected chi connectivity index (χ3v) is 4.57. The van der Waals surface area contributed by atoms with Gasteiger partial charge in [-0.1, -0.05) is 25.8 Å². The minimum atomic E-state index is -1.26. The van der Waals surface area contributed by atoms with Crippen LogP contribution in [-0.4, -0.2) is 66.8 Å². The second kappa shape index (κ2) is 8.17. The van der Waals surface area contributed by atoms with E-state index in [1.807, 2.05) is 6.08 Å². The summed E-state index contributed by atoms with van der Waals surface area (Å²) < 4.78 is 7.16. The van der Waals surface area contributed by atoms with E-state index in [1.54, 1.807) is 13.1 Å². The van der Waals surface area contributed by atoms with Gasteiger partial charge in [-0.3, -0.25) is 4.57 Å². The van der Waals surface area contributed by atoms with Crippen LogP contribution in [0, 0.1) is 0 Å². The van der Waals surface area contributed by atoms with Crippen molar-refractivity contribution in [3.8, 4) is 0 Å². The Balaban J connectivity index is 2.05. The van der Waals surface area contributed by atoms with Gasteiger partial charge in [-0.15, -0.1) is 0 Å². The molecule has 1 fully saturated rings. The van der Waals surface area contributed by atoms with E-state index < -0.39 is 31.1 Å². The van der Waals surface area contributed by atoms with Crippen LogP contribution in [-0.2, 0) is 4.74 Å². The standard InChI is InChI=1S/C17H26N6O4/c1-3-4-5-6-7-10-20-14(18)11-15(21-10)23(17(19-2)22-11)16-13(26)12(25)9(8-24)27-16/h6-7,9,12-13,16,24-26H,3-5,8H2,1-2H3,(H,19,22)(H2,18,20,21)/t9-,12?,13?,16-/m1/s1. The highest BCUT2D eigenvalue weighted by Gasteiger charge is 2.45. The molecule has 3 heterocycles. The normalized spacial score (nSPS) is 25.7. The molecule has 0 aliphatic carbocycles. The van der Waals surface area contributed by atoms with Crippen LogP contribution in [0.3, 0.4) is 0 Å². The lowest BCUT2D eigenvalue weighted by molar-refractivity contribution is -0.0501. The quantitative estimate of drug-likeness (QED) is 0.427. The smallest absolute Gasteiger partial charge is 0.207 e. The molecule has 0 amide bonds. The number of hydrogen-bond donors (Lipinski definition) is 5. The number of nitrogens with one attached hydrogen (secondary N) is 1. The highest BCUT2D eigenvalue weighted by atomic mass is 16.6. The number of aliphatic hydroxyl groups excluding tert-OH is 3. The SMILES string of the molecule is CCCCC=Cc1nc(N)c2nc(NC)n([C@@H]3O[C@H](CO)C(O)C3O)c2n1. The molecule has 6 N–H and O–H groups in total. The van der Waals surface area contributed by atoms with Crippen molar-refractivity contribution in [3.63, 3.8) is 0 Å². The Labute approximate surface area is 156 Å². The minimum absolute atomic E-state index is 0.206. The van der Waals surface area contributed by atoms with E-state index in [0.717, 1.165) is 19.3 Å². The van der Waals surface area contributed by atoms with Crippen molar-refractivity contribution in [3.05, 3.63) is 11.9 Å². The first-order chi connectivity index (χ1) is 13.0. The molecule has 10 heteroatoms. The number of rotatable bonds is 7. The van der Waals surface area contributed by atoms with Gasteiger partial charge in [0.05, 0.1) is 6.61 Å². The number of nitrogens with two attached hydrogens (primary N) is 1. The van der Waals surface area contributed by atoms with Gasteiger partial charge in [0.15, 0.2) is 29.0 Å². The number of hydrogen-bond acceptors (Lipinski definition) is 9. The Kier molecular flexibility index (Phi) is 5.90. The summed E-state index contributed by atoms with van der Waals surface area (Å²) in [6, 6.07) is 0. The first-order valence-electron chi connectivity index (χ1n) is 9.04. The van der Waals surface area contributed by atoms with Crippen LogP contribution in [0.25, 0.3) is 17.2 Å².